The number of hydrogen-bond donors (Lipinski definition) is 2. The van der Waals surface area contributed by atoms with Crippen LogP contribution in [0.1, 0.15) is 25.3 Å². The Balaban J connectivity index is 1.95. The van der Waals surface area contributed by atoms with E-state index >= 15 is 0 Å². The van der Waals surface area contributed by atoms with Crippen molar-refractivity contribution < 1.29 is 14.2 Å². The fourth-order valence-electron chi connectivity index (χ4n) is 3.43. The van der Waals surface area contributed by atoms with Gasteiger partial charge < -0.3 is 29.7 Å². The number of nitrogens with one attached hydrogen (secondary N) is 2. The number of aliphatic imine (C=N–C) groups is 1. The molecule has 28 heavy (non-hydrogen) atoms. The van der Waals surface area contributed by atoms with Crippen molar-refractivity contribution in [1.82, 2.24) is 15.5 Å². The average Bonchev–Trinajstić information content (AvgIpc) is 2.72. The van der Waals surface area contributed by atoms with E-state index in [1.165, 1.54) is 5.56 Å². The minimum Gasteiger partial charge on any atom is -0.493 e. The lowest BCUT2D eigenvalue weighted by Gasteiger charge is -2.41. The van der Waals surface area contributed by atoms with Crippen LogP contribution in [0.2, 0.25) is 0 Å². The minimum atomic E-state index is 0.0734. The van der Waals surface area contributed by atoms with Crippen molar-refractivity contribution in [2.24, 2.45) is 4.99 Å². The van der Waals surface area contributed by atoms with Gasteiger partial charge in [0.2, 0.25) is 0 Å². The molecule has 0 aromatic heterocycles. The zero-order valence-electron chi connectivity index (χ0n) is 18.0. The van der Waals surface area contributed by atoms with Gasteiger partial charge >= 0.3 is 0 Å². The third-order valence-electron chi connectivity index (χ3n) is 5.40. The van der Waals surface area contributed by atoms with Gasteiger partial charge in [0.15, 0.2) is 17.5 Å². The Bertz CT molecular complexity index is 628. The number of rotatable bonds is 9. The van der Waals surface area contributed by atoms with Crippen LogP contribution in [0, 0.1) is 0 Å². The molecule has 1 saturated heterocycles. The third kappa shape index (κ3) is 6.01. The van der Waals surface area contributed by atoms with E-state index in [0.717, 1.165) is 69.6 Å². The summed E-state index contributed by atoms with van der Waals surface area (Å²) in [5.41, 5.74) is 1.26. The summed E-state index contributed by atoms with van der Waals surface area (Å²) in [6, 6.07) is 6.03. The summed E-state index contributed by atoms with van der Waals surface area (Å²) >= 11 is 0. The minimum absolute atomic E-state index is 0.0734. The lowest BCUT2D eigenvalue weighted by Crippen LogP contribution is -2.51. The highest BCUT2D eigenvalue weighted by atomic mass is 16.5. The van der Waals surface area contributed by atoms with Crippen molar-refractivity contribution in [3.63, 3.8) is 0 Å². The van der Waals surface area contributed by atoms with E-state index in [2.05, 4.69) is 42.6 Å². The van der Waals surface area contributed by atoms with Crippen LogP contribution in [0.15, 0.2) is 23.2 Å². The largest absolute Gasteiger partial charge is 0.493 e. The van der Waals surface area contributed by atoms with Crippen molar-refractivity contribution in [3.8, 4) is 11.5 Å². The molecule has 2 rings (SSSR count). The first-order valence-electron chi connectivity index (χ1n) is 10.0. The van der Waals surface area contributed by atoms with E-state index in [9.17, 15) is 0 Å². The van der Waals surface area contributed by atoms with E-state index < -0.39 is 0 Å². The molecule has 1 aromatic carbocycles. The van der Waals surface area contributed by atoms with Gasteiger partial charge in [0.25, 0.3) is 0 Å². The van der Waals surface area contributed by atoms with Crippen molar-refractivity contribution in [2.75, 3.05) is 61.2 Å². The van der Waals surface area contributed by atoms with Crippen LogP contribution >= 0.6 is 0 Å². The lowest BCUT2D eigenvalue weighted by molar-refractivity contribution is -0.00254. The second kappa shape index (κ2) is 11.1. The Morgan fingerprint density at radius 3 is 2.46 bits per heavy atom. The van der Waals surface area contributed by atoms with E-state index in [1.807, 2.05) is 12.1 Å². The standard InChI is InChI=1S/C21H36N4O3/c1-6-22-20(24-16-21(25(2)3)10-13-28-14-11-21)23-12-9-17-7-8-18(26-4)19(15-17)27-5/h7-8,15H,6,9-14,16H2,1-5H3,(H2,22,23,24). The van der Waals surface area contributed by atoms with Gasteiger partial charge in [0.1, 0.15) is 0 Å². The molecule has 1 aliphatic rings. The van der Waals surface area contributed by atoms with E-state index in [-0.39, 0.29) is 5.54 Å². The molecule has 7 heteroatoms. The van der Waals surface area contributed by atoms with Gasteiger partial charge in [-0.15, -0.1) is 0 Å². The molecular formula is C21H36N4O3. The summed E-state index contributed by atoms with van der Waals surface area (Å²) in [6.45, 7) is 6.07. The van der Waals surface area contributed by atoms with E-state index in [1.54, 1.807) is 14.2 Å². The van der Waals surface area contributed by atoms with Gasteiger partial charge in [-0.1, -0.05) is 6.07 Å². The third-order valence-corrected chi connectivity index (χ3v) is 5.40. The van der Waals surface area contributed by atoms with Crippen molar-refractivity contribution >= 4 is 5.96 Å². The molecule has 0 radical (unpaired) electrons. The molecule has 1 aromatic rings. The summed E-state index contributed by atoms with van der Waals surface area (Å²) < 4.78 is 16.2. The Kier molecular flexibility index (Phi) is 8.86. The first-order valence-corrected chi connectivity index (χ1v) is 10.0. The maximum Gasteiger partial charge on any atom is 0.191 e. The quantitative estimate of drug-likeness (QED) is 0.494. The van der Waals surface area contributed by atoms with Gasteiger partial charge in [0, 0.05) is 31.8 Å². The lowest BCUT2D eigenvalue weighted by atomic mass is 9.89. The van der Waals surface area contributed by atoms with Crippen molar-refractivity contribution in [3.05, 3.63) is 23.8 Å². The summed E-state index contributed by atoms with van der Waals surface area (Å²) in [6.07, 6.45) is 2.89. The Morgan fingerprint density at radius 2 is 1.86 bits per heavy atom. The Morgan fingerprint density at radius 1 is 1.14 bits per heavy atom. The highest BCUT2D eigenvalue weighted by molar-refractivity contribution is 5.79. The fourth-order valence-corrected chi connectivity index (χ4v) is 3.43. The van der Waals surface area contributed by atoms with Crippen molar-refractivity contribution in [2.45, 2.75) is 31.7 Å². The molecule has 0 atom stereocenters. The fraction of sp³-hybridized carbons (Fsp3) is 0.667. The number of nitrogens with zero attached hydrogens (tertiary/aromatic N) is 2. The highest BCUT2D eigenvalue weighted by Gasteiger charge is 2.34. The van der Waals surface area contributed by atoms with Crippen molar-refractivity contribution in [1.29, 1.82) is 0 Å². The summed E-state index contributed by atoms with van der Waals surface area (Å²) in [5.74, 6) is 2.36. The van der Waals surface area contributed by atoms with Crippen LogP contribution in [-0.4, -0.2) is 77.6 Å². The predicted molar refractivity (Wildman–Crippen MR) is 114 cm³/mol. The van der Waals surface area contributed by atoms with Gasteiger partial charge in [-0.05, 0) is 58.0 Å². The molecule has 0 aliphatic carbocycles. The summed E-state index contributed by atoms with van der Waals surface area (Å²) in [7, 11) is 7.58. The highest BCUT2D eigenvalue weighted by Crippen LogP contribution is 2.28. The number of ether oxygens (including phenoxy) is 3. The average molecular weight is 393 g/mol. The monoisotopic (exact) mass is 392 g/mol. The molecule has 1 heterocycles. The molecule has 158 valence electrons. The van der Waals surface area contributed by atoms with E-state index in [0.29, 0.717) is 0 Å². The molecule has 0 spiro atoms. The maximum atomic E-state index is 5.55. The second-order valence-electron chi connectivity index (χ2n) is 7.29. The topological polar surface area (TPSA) is 67.4 Å². The van der Waals surface area contributed by atoms with Gasteiger partial charge in [-0.25, -0.2) is 0 Å². The van der Waals surface area contributed by atoms with E-state index in [4.69, 9.17) is 19.2 Å². The van der Waals surface area contributed by atoms with Gasteiger partial charge in [-0.2, -0.15) is 0 Å². The van der Waals surface area contributed by atoms with Crippen LogP contribution in [0.5, 0.6) is 11.5 Å². The van der Waals surface area contributed by atoms with Crippen LogP contribution in [-0.2, 0) is 11.2 Å². The number of guanidine groups is 1. The zero-order valence-corrected chi connectivity index (χ0v) is 18.0. The van der Waals surface area contributed by atoms with Crippen LogP contribution in [0.25, 0.3) is 0 Å². The molecule has 0 bridgehead atoms. The number of hydrogen-bond acceptors (Lipinski definition) is 5. The predicted octanol–water partition coefficient (Wildman–Crippen LogP) is 1.91. The van der Waals surface area contributed by atoms with Gasteiger partial charge in [0.05, 0.1) is 20.8 Å². The molecule has 0 amide bonds. The van der Waals surface area contributed by atoms with Crippen LogP contribution in [0.4, 0.5) is 0 Å². The Labute approximate surface area is 169 Å². The Hall–Kier alpha value is -1.99. The first kappa shape index (κ1) is 22.3. The zero-order chi connectivity index (χ0) is 20.4. The first-order chi connectivity index (χ1) is 13.5. The maximum absolute atomic E-state index is 5.55. The molecule has 0 unspecified atom stereocenters. The number of methoxy groups -OCH3 is 2. The van der Waals surface area contributed by atoms with Crippen LogP contribution in [0.3, 0.4) is 0 Å². The molecular weight excluding hydrogens is 356 g/mol. The summed E-state index contributed by atoms with van der Waals surface area (Å²) in [5, 5.41) is 6.80. The molecule has 0 saturated carbocycles. The number of benzene rings is 1. The molecule has 2 N–H and O–H groups in total. The second-order valence-corrected chi connectivity index (χ2v) is 7.29. The molecule has 1 aliphatic heterocycles. The SMILES string of the molecule is CCNC(=NCC1(N(C)C)CCOCC1)NCCc1ccc(OC)c(OC)c1. The van der Waals surface area contributed by atoms with Crippen LogP contribution < -0.4 is 20.1 Å². The molecule has 7 nitrogen and oxygen atoms in total. The smallest absolute Gasteiger partial charge is 0.191 e. The molecule has 1 fully saturated rings. The summed E-state index contributed by atoms with van der Waals surface area (Å²) in [4.78, 5) is 7.17. The number of likely N-dealkylation sites (N-methyl/N-ethyl adjacent to an activating group) is 1. The van der Waals surface area contributed by atoms with Gasteiger partial charge in [-0.3, -0.25) is 4.99 Å². The normalized spacial score (nSPS) is 16.7.